The van der Waals surface area contributed by atoms with Gasteiger partial charge in [0, 0.05) is 13.0 Å². The minimum Gasteiger partial charge on any atom is -0.444 e. The highest BCUT2D eigenvalue weighted by atomic mass is 16.5. The summed E-state index contributed by atoms with van der Waals surface area (Å²) >= 11 is 0. The van der Waals surface area contributed by atoms with Crippen molar-refractivity contribution < 1.29 is 9.53 Å². The van der Waals surface area contributed by atoms with Crippen molar-refractivity contribution in [1.29, 1.82) is 5.26 Å². The number of esters is 1. The van der Waals surface area contributed by atoms with Crippen LogP contribution in [0.4, 0.5) is 0 Å². The molecule has 0 bridgehead atoms. The van der Waals surface area contributed by atoms with Crippen molar-refractivity contribution >= 4 is 16.9 Å². The normalized spacial score (nSPS) is 14.5. The van der Waals surface area contributed by atoms with Gasteiger partial charge in [-0.2, -0.15) is 5.26 Å². The number of ether oxygens (including phenoxy) is 1. The summed E-state index contributed by atoms with van der Waals surface area (Å²) in [6, 6.07) is 6.49. The van der Waals surface area contributed by atoms with Crippen LogP contribution < -0.4 is 5.56 Å². The van der Waals surface area contributed by atoms with Crippen LogP contribution in [0.1, 0.15) is 29.5 Å². The Kier molecular flexibility index (Phi) is 3.18. The quantitative estimate of drug-likeness (QED) is 0.778. The van der Waals surface area contributed by atoms with E-state index in [0.717, 1.165) is 18.7 Å². The smallest absolute Gasteiger partial charge is 0.339 e. The van der Waals surface area contributed by atoms with Gasteiger partial charge in [-0.25, -0.2) is 9.78 Å². The van der Waals surface area contributed by atoms with Crippen molar-refractivity contribution in [3.05, 3.63) is 39.9 Å². The Bertz CT molecular complexity index is 832. The zero-order chi connectivity index (χ0) is 15.0. The summed E-state index contributed by atoms with van der Waals surface area (Å²) in [6.45, 7) is 2.19. The number of nitrogens with zero attached hydrogens (tertiary/aromatic N) is 3. The van der Waals surface area contributed by atoms with E-state index in [4.69, 9.17) is 10.00 Å². The molecule has 3 rings (SSSR count). The van der Waals surface area contributed by atoms with Gasteiger partial charge in [0.05, 0.1) is 16.5 Å². The molecule has 1 aliphatic heterocycles. The molecule has 0 fully saturated rings. The molecule has 0 aliphatic carbocycles. The van der Waals surface area contributed by atoms with Crippen LogP contribution in [0.25, 0.3) is 10.9 Å². The number of benzene rings is 1. The van der Waals surface area contributed by atoms with E-state index in [9.17, 15) is 9.59 Å². The van der Waals surface area contributed by atoms with Gasteiger partial charge in [-0.15, -0.1) is 0 Å². The first-order valence-electron chi connectivity index (χ1n) is 6.74. The molecule has 0 unspecified atom stereocenters. The second-order valence-corrected chi connectivity index (χ2v) is 5.00. The summed E-state index contributed by atoms with van der Waals surface area (Å²) in [5.41, 5.74) is 0.712. The summed E-state index contributed by atoms with van der Waals surface area (Å²) in [5.74, 6) is 0.164. The average Bonchev–Trinajstić information content (AvgIpc) is 2.95. The summed E-state index contributed by atoms with van der Waals surface area (Å²) in [6.07, 6.45) is 0.866. The fourth-order valence-corrected chi connectivity index (χ4v) is 2.47. The lowest BCUT2D eigenvalue weighted by Gasteiger charge is -2.08. The fraction of sp³-hybridized carbons (Fsp3) is 0.333. The van der Waals surface area contributed by atoms with E-state index < -0.39 is 12.1 Å². The second-order valence-electron chi connectivity index (χ2n) is 5.00. The Morgan fingerprint density at radius 3 is 3.10 bits per heavy atom. The van der Waals surface area contributed by atoms with E-state index >= 15 is 0 Å². The molecule has 2 aromatic rings. The summed E-state index contributed by atoms with van der Waals surface area (Å²) < 4.78 is 6.62. The highest BCUT2D eigenvalue weighted by molar-refractivity contribution is 5.94. The molecule has 106 valence electrons. The van der Waals surface area contributed by atoms with Crippen molar-refractivity contribution in [1.82, 2.24) is 9.55 Å². The zero-order valence-electron chi connectivity index (χ0n) is 11.5. The van der Waals surface area contributed by atoms with Crippen molar-refractivity contribution in [2.75, 3.05) is 0 Å². The van der Waals surface area contributed by atoms with Gasteiger partial charge in [0.1, 0.15) is 11.9 Å². The van der Waals surface area contributed by atoms with Crippen molar-refractivity contribution in [2.45, 2.75) is 32.4 Å². The Morgan fingerprint density at radius 1 is 1.52 bits per heavy atom. The van der Waals surface area contributed by atoms with Crippen molar-refractivity contribution in [2.24, 2.45) is 0 Å². The standard InChI is InChI=1S/C15H13N3O3/c1-9(8-16)21-15(20)10-4-5-11-12(7-10)17-13-3-2-6-18(13)14(11)19/h4-5,7,9H,2-3,6H2,1H3/t9-/m0/s1. The van der Waals surface area contributed by atoms with Crippen LogP contribution in [0.2, 0.25) is 0 Å². The molecular formula is C15H13N3O3. The third-order valence-corrected chi connectivity index (χ3v) is 3.52. The van der Waals surface area contributed by atoms with Gasteiger partial charge in [0.2, 0.25) is 0 Å². The van der Waals surface area contributed by atoms with Gasteiger partial charge < -0.3 is 4.74 Å². The molecule has 0 N–H and O–H groups in total. The first kappa shape index (κ1) is 13.3. The highest BCUT2D eigenvalue weighted by Gasteiger charge is 2.18. The predicted octanol–water partition coefficient (Wildman–Crippen LogP) is 1.41. The maximum absolute atomic E-state index is 12.3. The SMILES string of the molecule is C[C@@H](C#N)OC(=O)c1ccc2c(=O)n3c(nc2c1)CCC3. The van der Waals surface area contributed by atoms with Crippen molar-refractivity contribution in [3.63, 3.8) is 0 Å². The lowest BCUT2D eigenvalue weighted by Crippen LogP contribution is -2.21. The highest BCUT2D eigenvalue weighted by Crippen LogP contribution is 2.16. The molecule has 0 saturated carbocycles. The van der Waals surface area contributed by atoms with Crippen LogP contribution in [-0.4, -0.2) is 21.6 Å². The van der Waals surface area contributed by atoms with E-state index in [1.54, 1.807) is 16.7 Å². The lowest BCUT2D eigenvalue weighted by atomic mass is 10.1. The van der Waals surface area contributed by atoms with Gasteiger partial charge in [-0.3, -0.25) is 9.36 Å². The van der Waals surface area contributed by atoms with E-state index in [-0.39, 0.29) is 5.56 Å². The molecule has 1 aliphatic rings. The minimum absolute atomic E-state index is 0.0715. The van der Waals surface area contributed by atoms with Gasteiger partial charge in [0.15, 0.2) is 6.10 Å². The van der Waals surface area contributed by atoms with Crippen LogP contribution in [0.15, 0.2) is 23.0 Å². The molecule has 6 heteroatoms. The molecular weight excluding hydrogens is 270 g/mol. The largest absolute Gasteiger partial charge is 0.444 e. The summed E-state index contributed by atoms with van der Waals surface area (Å²) in [5, 5.41) is 9.15. The van der Waals surface area contributed by atoms with E-state index in [0.29, 0.717) is 23.0 Å². The molecule has 1 atom stereocenters. The third kappa shape index (κ3) is 2.27. The third-order valence-electron chi connectivity index (χ3n) is 3.52. The monoisotopic (exact) mass is 283 g/mol. The van der Waals surface area contributed by atoms with Gasteiger partial charge >= 0.3 is 5.97 Å². The number of fused-ring (bicyclic) bond motifs is 2. The number of hydrogen-bond donors (Lipinski definition) is 0. The molecule has 0 saturated heterocycles. The molecule has 2 heterocycles. The van der Waals surface area contributed by atoms with E-state index in [1.165, 1.54) is 13.0 Å². The molecule has 0 radical (unpaired) electrons. The van der Waals surface area contributed by atoms with E-state index in [2.05, 4.69) is 4.98 Å². The van der Waals surface area contributed by atoms with Gasteiger partial charge in [-0.1, -0.05) is 0 Å². The molecule has 6 nitrogen and oxygen atoms in total. The Balaban J connectivity index is 2.05. The van der Waals surface area contributed by atoms with Crippen LogP contribution in [0, 0.1) is 11.3 Å². The number of carbonyl (C=O) groups is 1. The topological polar surface area (TPSA) is 85.0 Å². The number of aryl methyl sites for hydroxylation is 1. The Morgan fingerprint density at radius 2 is 2.33 bits per heavy atom. The van der Waals surface area contributed by atoms with Crippen LogP contribution in [-0.2, 0) is 17.7 Å². The number of rotatable bonds is 2. The lowest BCUT2D eigenvalue weighted by molar-refractivity contribution is 0.0435. The first-order valence-corrected chi connectivity index (χ1v) is 6.74. The Hall–Kier alpha value is -2.68. The van der Waals surface area contributed by atoms with Gasteiger partial charge in [0.25, 0.3) is 5.56 Å². The minimum atomic E-state index is -0.813. The number of aromatic nitrogens is 2. The number of nitriles is 1. The summed E-state index contributed by atoms with van der Waals surface area (Å²) in [7, 11) is 0. The number of hydrogen-bond acceptors (Lipinski definition) is 5. The fourth-order valence-electron chi connectivity index (χ4n) is 2.47. The predicted molar refractivity (Wildman–Crippen MR) is 74.8 cm³/mol. The molecule has 1 aromatic heterocycles. The summed E-state index contributed by atoms with van der Waals surface area (Å²) in [4.78, 5) is 28.6. The van der Waals surface area contributed by atoms with Gasteiger partial charge in [-0.05, 0) is 31.5 Å². The number of carbonyl (C=O) groups excluding carboxylic acids is 1. The Labute approximate surface area is 120 Å². The molecule has 0 amide bonds. The average molecular weight is 283 g/mol. The molecule has 1 aromatic carbocycles. The van der Waals surface area contributed by atoms with Crippen LogP contribution >= 0.6 is 0 Å². The maximum Gasteiger partial charge on any atom is 0.339 e. The molecule has 21 heavy (non-hydrogen) atoms. The second kappa shape index (κ2) is 5.02. The zero-order valence-corrected chi connectivity index (χ0v) is 11.5. The van der Waals surface area contributed by atoms with Crippen LogP contribution in [0.3, 0.4) is 0 Å². The first-order chi connectivity index (χ1) is 10.1. The maximum atomic E-state index is 12.3. The molecule has 0 spiro atoms. The van der Waals surface area contributed by atoms with E-state index in [1.807, 2.05) is 6.07 Å². The van der Waals surface area contributed by atoms with Crippen molar-refractivity contribution in [3.8, 4) is 6.07 Å². The van der Waals surface area contributed by atoms with Crippen LogP contribution in [0.5, 0.6) is 0 Å².